The number of anilines is 2. The maximum atomic E-state index is 12.7. The van der Waals surface area contributed by atoms with Gasteiger partial charge in [0.2, 0.25) is 5.91 Å². The summed E-state index contributed by atoms with van der Waals surface area (Å²) in [6.45, 7) is 1.56. The molecular formula is C20H21N5O2. The molecule has 0 aliphatic carbocycles. The van der Waals surface area contributed by atoms with Gasteiger partial charge in [-0.3, -0.25) is 9.78 Å². The minimum Gasteiger partial charge on any atom is -0.497 e. The van der Waals surface area contributed by atoms with Crippen molar-refractivity contribution in [2.75, 3.05) is 30.4 Å². The Bertz CT molecular complexity index is 962. The molecule has 27 heavy (non-hydrogen) atoms. The Kier molecular flexibility index (Phi) is 4.82. The van der Waals surface area contributed by atoms with E-state index in [9.17, 15) is 4.79 Å². The molecule has 0 radical (unpaired) electrons. The summed E-state index contributed by atoms with van der Waals surface area (Å²) in [6, 6.07) is 9.39. The quantitative estimate of drug-likeness (QED) is 0.768. The Morgan fingerprint density at radius 3 is 3.00 bits per heavy atom. The van der Waals surface area contributed by atoms with E-state index in [2.05, 4.69) is 25.2 Å². The maximum absolute atomic E-state index is 12.7. The van der Waals surface area contributed by atoms with Gasteiger partial charge in [-0.2, -0.15) is 0 Å². The second-order valence-electron chi connectivity index (χ2n) is 6.60. The number of ether oxygens (including phenoxy) is 1. The Hall–Kier alpha value is -3.22. The number of nitrogens with one attached hydrogen (secondary N) is 1. The van der Waals surface area contributed by atoms with Crippen LogP contribution in [0.4, 0.5) is 11.4 Å². The van der Waals surface area contributed by atoms with Gasteiger partial charge in [0.05, 0.1) is 24.9 Å². The molecule has 4 rings (SSSR count). The first-order valence-electron chi connectivity index (χ1n) is 8.99. The van der Waals surface area contributed by atoms with Crippen molar-refractivity contribution in [3.05, 3.63) is 48.9 Å². The highest BCUT2D eigenvalue weighted by atomic mass is 16.5. The minimum absolute atomic E-state index is 0.0292. The molecule has 0 saturated carbocycles. The number of carbonyl (C=O) groups excluding carboxylic acids is 1. The summed E-state index contributed by atoms with van der Waals surface area (Å²) in [4.78, 5) is 27.8. The van der Waals surface area contributed by atoms with Crippen molar-refractivity contribution >= 4 is 28.4 Å². The Labute approximate surface area is 157 Å². The number of carbonyl (C=O) groups is 1. The predicted molar refractivity (Wildman–Crippen MR) is 104 cm³/mol. The average molecular weight is 363 g/mol. The topological polar surface area (TPSA) is 80.2 Å². The van der Waals surface area contributed by atoms with Gasteiger partial charge >= 0.3 is 0 Å². The second-order valence-corrected chi connectivity index (χ2v) is 6.60. The lowest BCUT2D eigenvalue weighted by molar-refractivity contribution is -0.120. The Morgan fingerprint density at radius 2 is 2.11 bits per heavy atom. The highest BCUT2D eigenvalue weighted by Gasteiger charge is 2.26. The smallest absolute Gasteiger partial charge is 0.229 e. The zero-order valence-electron chi connectivity index (χ0n) is 15.1. The SMILES string of the molecule is COc1cccc(NC(=O)C2CCCN(c3cnc4nccnc4c3)C2)c1. The van der Waals surface area contributed by atoms with Crippen LogP contribution in [0.5, 0.6) is 5.75 Å². The van der Waals surface area contributed by atoms with Crippen LogP contribution < -0.4 is 15.0 Å². The fourth-order valence-corrected chi connectivity index (χ4v) is 3.39. The molecule has 1 fully saturated rings. The van der Waals surface area contributed by atoms with Crippen molar-refractivity contribution in [3.63, 3.8) is 0 Å². The molecule has 138 valence electrons. The van der Waals surface area contributed by atoms with Crippen molar-refractivity contribution in [1.29, 1.82) is 0 Å². The van der Waals surface area contributed by atoms with Gasteiger partial charge < -0.3 is 15.0 Å². The van der Waals surface area contributed by atoms with Gasteiger partial charge in [0, 0.05) is 37.2 Å². The molecule has 3 heterocycles. The molecule has 1 atom stereocenters. The zero-order valence-corrected chi connectivity index (χ0v) is 15.1. The van der Waals surface area contributed by atoms with Crippen LogP contribution in [-0.4, -0.2) is 41.1 Å². The van der Waals surface area contributed by atoms with Crippen molar-refractivity contribution in [1.82, 2.24) is 15.0 Å². The number of benzene rings is 1. The lowest BCUT2D eigenvalue weighted by atomic mass is 9.96. The van der Waals surface area contributed by atoms with Gasteiger partial charge in [-0.1, -0.05) is 6.07 Å². The summed E-state index contributed by atoms with van der Waals surface area (Å²) in [5, 5.41) is 3.00. The highest BCUT2D eigenvalue weighted by Crippen LogP contribution is 2.26. The van der Waals surface area contributed by atoms with Crippen LogP contribution in [0.1, 0.15) is 12.8 Å². The number of methoxy groups -OCH3 is 1. The van der Waals surface area contributed by atoms with Crippen LogP contribution in [0.25, 0.3) is 11.2 Å². The van der Waals surface area contributed by atoms with E-state index >= 15 is 0 Å². The molecule has 1 amide bonds. The van der Waals surface area contributed by atoms with Crippen LogP contribution in [-0.2, 0) is 4.79 Å². The largest absolute Gasteiger partial charge is 0.497 e. The van der Waals surface area contributed by atoms with E-state index in [-0.39, 0.29) is 11.8 Å². The lowest BCUT2D eigenvalue weighted by Crippen LogP contribution is -2.40. The van der Waals surface area contributed by atoms with E-state index in [1.54, 1.807) is 25.7 Å². The third-order valence-electron chi connectivity index (χ3n) is 4.80. The summed E-state index contributed by atoms with van der Waals surface area (Å²) in [5.74, 6) is 0.672. The van der Waals surface area contributed by atoms with Gasteiger partial charge in [0.25, 0.3) is 0 Å². The van der Waals surface area contributed by atoms with Crippen molar-refractivity contribution in [3.8, 4) is 5.75 Å². The first-order valence-corrected chi connectivity index (χ1v) is 8.99. The average Bonchev–Trinajstić information content (AvgIpc) is 2.73. The highest BCUT2D eigenvalue weighted by molar-refractivity contribution is 5.93. The number of aromatic nitrogens is 3. The van der Waals surface area contributed by atoms with E-state index < -0.39 is 0 Å². The van der Waals surface area contributed by atoms with E-state index in [1.165, 1.54) is 0 Å². The number of hydrogen-bond acceptors (Lipinski definition) is 6. The summed E-state index contributed by atoms with van der Waals surface area (Å²) in [6.07, 6.45) is 6.92. The van der Waals surface area contributed by atoms with Gasteiger partial charge in [0.1, 0.15) is 11.3 Å². The van der Waals surface area contributed by atoms with Crippen LogP contribution in [0, 0.1) is 5.92 Å². The number of fused-ring (bicyclic) bond motifs is 1. The number of rotatable bonds is 4. The standard InChI is InChI=1S/C20H21N5O2/c1-27-17-6-2-5-15(10-17)24-20(26)14-4-3-9-25(13-14)16-11-18-19(23-12-16)22-8-7-21-18/h2,5-8,10-12,14H,3-4,9,13H2,1H3,(H,24,26). The molecule has 1 aromatic carbocycles. The van der Waals surface area contributed by atoms with Crippen molar-refractivity contribution in [2.45, 2.75) is 12.8 Å². The van der Waals surface area contributed by atoms with Gasteiger partial charge in [-0.15, -0.1) is 0 Å². The predicted octanol–water partition coefficient (Wildman–Crippen LogP) is 2.89. The number of amides is 1. The molecule has 2 aromatic heterocycles. The number of piperidine rings is 1. The minimum atomic E-state index is -0.0810. The van der Waals surface area contributed by atoms with Gasteiger partial charge in [-0.25, -0.2) is 9.97 Å². The third kappa shape index (κ3) is 3.81. The Morgan fingerprint density at radius 1 is 1.22 bits per heavy atom. The van der Waals surface area contributed by atoms with Gasteiger partial charge in [-0.05, 0) is 31.0 Å². The molecule has 1 aliphatic rings. The molecule has 1 saturated heterocycles. The fraction of sp³-hybridized carbons (Fsp3) is 0.300. The monoisotopic (exact) mass is 363 g/mol. The van der Waals surface area contributed by atoms with E-state index in [0.717, 1.165) is 42.0 Å². The van der Waals surface area contributed by atoms with Crippen LogP contribution in [0.3, 0.4) is 0 Å². The first kappa shape index (κ1) is 17.2. The molecule has 3 aromatic rings. The number of nitrogens with zero attached hydrogens (tertiary/aromatic N) is 4. The van der Waals surface area contributed by atoms with Crippen LogP contribution in [0.2, 0.25) is 0 Å². The summed E-state index contributed by atoms with van der Waals surface area (Å²) in [7, 11) is 1.61. The molecule has 0 bridgehead atoms. The summed E-state index contributed by atoms with van der Waals surface area (Å²) in [5.41, 5.74) is 3.12. The van der Waals surface area contributed by atoms with Crippen LogP contribution >= 0.6 is 0 Å². The molecule has 0 spiro atoms. The summed E-state index contributed by atoms with van der Waals surface area (Å²) >= 11 is 0. The normalized spacial score (nSPS) is 16.9. The molecule has 1 aliphatic heterocycles. The third-order valence-corrected chi connectivity index (χ3v) is 4.80. The molecule has 7 nitrogen and oxygen atoms in total. The van der Waals surface area contributed by atoms with Crippen LogP contribution in [0.15, 0.2) is 48.9 Å². The lowest BCUT2D eigenvalue weighted by Gasteiger charge is -2.33. The Balaban J connectivity index is 1.47. The number of pyridine rings is 1. The van der Waals surface area contributed by atoms with E-state index in [4.69, 9.17) is 4.74 Å². The number of hydrogen-bond donors (Lipinski definition) is 1. The zero-order chi connectivity index (χ0) is 18.6. The van der Waals surface area contributed by atoms with Crippen molar-refractivity contribution < 1.29 is 9.53 Å². The molecule has 7 heteroatoms. The summed E-state index contributed by atoms with van der Waals surface area (Å²) < 4.78 is 5.21. The van der Waals surface area contributed by atoms with Gasteiger partial charge in [0.15, 0.2) is 5.65 Å². The molecule has 1 N–H and O–H groups in total. The fourth-order valence-electron chi connectivity index (χ4n) is 3.39. The molecule has 1 unspecified atom stereocenters. The first-order chi connectivity index (χ1) is 13.2. The second kappa shape index (κ2) is 7.57. The molecular weight excluding hydrogens is 342 g/mol. The maximum Gasteiger partial charge on any atom is 0.229 e. The van der Waals surface area contributed by atoms with E-state index in [0.29, 0.717) is 12.2 Å². The van der Waals surface area contributed by atoms with E-state index in [1.807, 2.05) is 30.3 Å². The van der Waals surface area contributed by atoms with Crippen molar-refractivity contribution in [2.24, 2.45) is 5.92 Å².